The number of nitrogens with zero attached hydrogens (tertiary/aromatic N) is 1. The summed E-state index contributed by atoms with van der Waals surface area (Å²) < 4.78 is 10.9. The highest BCUT2D eigenvalue weighted by Gasteiger charge is 2.04. The van der Waals surface area contributed by atoms with Gasteiger partial charge in [0.15, 0.2) is 0 Å². The van der Waals surface area contributed by atoms with Crippen molar-refractivity contribution < 1.29 is 4.21 Å². The Kier molecular flexibility index (Phi) is 3.88. The Bertz CT molecular complexity index is 330. The summed E-state index contributed by atoms with van der Waals surface area (Å²) in [5.74, 6) is 1.82. The van der Waals surface area contributed by atoms with Gasteiger partial charge < -0.3 is 11.1 Å². The third-order valence-corrected chi connectivity index (χ3v) is 2.62. The highest BCUT2D eigenvalue weighted by Crippen LogP contribution is 2.07. The molecule has 4 nitrogen and oxygen atoms in total. The topological polar surface area (TPSA) is 68.0 Å². The van der Waals surface area contributed by atoms with Crippen LogP contribution in [0.4, 0.5) is 11.6 Å². The number of nitrogens with one attached hydrogen (secondary N) is 1. The molecule has 0 aliphatic carbocycles. The number of nitrogen functional groups attached to an aromatic ring is 1. The third kappa shape index (κ3) is 3.74. The Morgan fingerprint density at radius 3 is 2.93 bits per heavy atom. The molecule has 0 aliphatic heterocycles. The number of nitrogens with two attached hydrogens (primary N) is 1. The molecule has 1 rings (SSSR count). The summed E-state index contributed by atoms with van der Waals surface area (Å²) in [5, 5.41) is 3.13. The van der Waals surface area contributed by atoms with Gasteiger partial charge in [-0.05, 0) is 19.1 Å². The lowest BCUT2D eigenvalue weighted by atomic mass is 10.3. The molecule has 0 aliphatic rings. The maximum absolute atomic E-state index is 10.9. The number of anilines is 2. The first kappa shape index (κ1) is 11.0. The normalized spacial score (nSPS) is 14.7. The van der Waals surface area contributed by atoms with E-state index in [9.17, 15) is 4.21 Å². The van der Waals surface area contributed by atoms with Crippen LogP contribution in [0.2, 0.25) is 0 Å². The van der Waals surface area contributed by atoms with Gasteiger partial charge in [0.05, 0.1) is 0 Å². The van der Waals surface area contributed by atoms with Crippen molar-refractivity contribution in [2.75, 3.05) is 23.1 Å². The van der Waals surface area contributed by atoms with Crippen molar-refractivity contribution in [3.8, 4) is 0 Å². The lowest BCUT2D eigenvalue weighted by Crippen LogP contribution is -2.22. The number of pyridine rings is 1. The van der Waals surface area contributed by atoms with Gasteiger partial charge in [0.1, 0.15) is 11.6 Å². The fourth-order valence-corrected chi connectivity index (χ4v) is 1.97. The maximum Gasteiger partial charge on any atom is 0.128 e. The van der Waals surface area contributed by atoms with Crippen LogP contribution in [0, 0.1) is 0 Å². The van der Waals surface area contributed by atoms with Gasteiger partial charge in [-0.1, -0.05) is 6.07 Å². The van der Waals surface area contributed by atoms with Crippen LogP contribution in [0.3, 0.4) is 0 Å². The van der Waals surface area contributed by atoms with Gasteiger partial charge >= 0.3 is 0 Å². The summed E-state index contributed by atoms with van der Waals surface area (Å²) in [6.45, 7) is 1.96. The third-order valence-electron chi connectivity index (χ3n) is 1.65. The Labute approximate surface area is 86.4 Å². The van der Waals surface area contributed by atoms with Crippen LogP contribution in [0.1, 0.15) is 6.92 Å². The zero-order valence-corrected chi connectivity index (χ0v) is 9.17. The standard InChI is InChI=1S/C9H15N3OS/c1-7(6-14(2)13)11-9-5-3-4-8(10)12-9/h3-5,7H,6H2,1-2H3,(H3,10,11,12). The molecule has 1 heterocycles. The van der Waals surface area contributed by atoms with Crippen molar-refractivity contribution >= 4 is 22.4 Å². The molecule has 0 saturated heterocycles. The van der Waals surface area contributed by atoms with Gasteiger partial charge in [0.2, 0.25) is 0 Å². The van der Waals surface area contributed by atoms with E-state index in [2.05, 4.69) is 10.3 Å². The van der Waals surface area contributed by atoms with Gasteiger partial charge in [0, 0.05) is 28.9 Å². The monoisotopic (exact) mass is 213 g/mol. The van der Waals surface area contributed by atoms with Gasteiger partial charge in [-0.25, -0.2) is 4.98 Å². The molecule has 78 valence electrons. The molecule has 3 N–H and O–H groups in total. The first-order valence-electron chi connectivity index (χ1n) is 4.37. The molecule has 0 bridgehead atoms. The Balaban J connectivity index is 2.55. The van der Waals surface area contributed by atoms with E-state index in [0.717, 1.165) is 5.82 Å². The summed E-state index contributed by atoms with van der Waals surface area (Å²) in [7, 11) is -0.796. The molecule has 5 heteroatoms. The average Bonchev–Trinajstić information content (AvgIpc) is 2.01. The van der Waals surface area contributed by atoms with Crippen LogP contribution in [0.25, 0.3) is 0 Å². The minimum atomic E-state index is -0.796. The Morgan fingerprint density at radius 1 is 1.64 bits per heavy atom. The molecule has 2 atom stereocenters. The first-order chi connectivity index (χ1) is 6.58. The Hall–Kier alpha value is -1.10. The van der Waals surface area contributed by atoms with Gasteiger partial charge in [-0.3, -0.25) is 4.21 Å². The molecule has 0 saturated carbocycles. The molecular formula is C9H15N3OS. The lowest BCUT2D eigenvalue weighted by Gasteiger charge is -2.12. The largest absolute Gasteiger partial charge is 0.384 e. The van der Waals surface area contributed by atoms with Crippen LogP contribution < -0.4 is 11.1 Å². The second-order valence-electron chi connectivity index (χ2n) is 3.23. The fraction of sp³-hybridized carbons (Fsp3) is 0.444. The molecule has 0 radical (unpaired) electrons. The molecular weight excluding hydrogens is 198 g/mol. The van der Waals surface area contributed by atoms with Gasteiger partial charge in [0.25, 0.3) is 0 Å². The molecule has 0 aromatic carbocycles. The predicted octanol–water partition coefficient (Wildman–Crippen LogP) is 0.843. The van der Waals surface area contributed by atoms with Crippen LogP contribution in [0.15, 0.2) is 18.2 Å². The van der Waals surface area contributed by atoms with E-state index in [4.69, 9.17) is 5.73 Å². The van der Waals surface area contributed by atoms with E-state index in [1.54, 1.807) is 12.3 Å². The summed E-state index contributed by atoms with van der Waals surface area (Å²) in [6, 6.07) is 5.54. The van der Waals surface area contributed by atoms with Crippen molar-refractivity contribution in [2.45, 2.75) is 13.0 Å². The maximum atomic E-state index is 10.9. The van der Waals surface area contributed by atoms with E-state index >= 15 is 0 Å². The van der Waals surface area contributed by atoms with Gasteiger partial charge in [-0.15, -0.1) is 0 Å². The van der Waals surface area contributed by atoms with Crippen molar-refractivity contribution in [1.29, 1.82) is 0 Å². The molecule has 0 amide bonds. The number of hydrogen-bond acceptors (Lipinski definition) is 4. The minimum absolute atomic E-state index is 0.134. The second kappa shape index (κ2) is 4.95. The lowest BCUT2D eigenvalue weighted by molar-refractivity contribution is 0.683. The highest BCUT2D eigenvalue weighted by atomic mass is 32.2. The first-order valence-corrected chi connectivity index (χ1v) is 6.09. The van der Waals surface area contributed by atoms with Crippen molar-refractivity contribution in [3.63, 3.8) is 0 Å². The highest BCUT2D eigenvalue weighted by molar-refractivity contribution is 7.84. The van der Waals surface area contributed by atoms with E-state index < -0.39 is 10.8 Å². The van der Waals surface area contributed by atoms with Crippen LogP contribution >= 0.6 is 0 Å². The molecule has 14 heavy (non-hydrogen) atoms. The molecule has 1 aromatic heterocycles. The SMILES string of the molecule is CC(CS(C)=O)Nc1cccc(N)n1. The molecule has 0 fully saturated rings. The molecule has 0 spiro atoms. The Morgan fingerprint density at radius 2 is 2.36 bits per heavy atom. The van der Waals surface area contributed by atoms with Crippen molar-refractivity contribution in [2.24, 2.45) is 0 Å². The fourth-order valence-electron chi connectivity index (χ4n) is 1.18. The van der Waals surface area contributed by atoms with E-state index in [1.165, 1.54) is 0 Å². The van der Waals surface area contributed by atoms with Crippen molar-refractivity contribution in [1.82, 2.24) is 4.98 Å². The number of rotatable bonds is 4. The average molecular weight is 213 g/mol. The zero-order valence-electron chi connectivity index (χ0n) is 8.36. The molecule has 1 aromatic rings. The number of aromatic nitrogens is 1. The van der Waals surface area contributed by atoms with E-state index in [0.29, 0.717) is 11.6 Å². The van der Waals surface area contributed by atoms with Crippen LogP contribution in [0.5, 0.6) is 0 Å². The number of hydrogen-bond donors (Lipinski definition) is 2. The molecule has 2 unspecified atom stereocenters. The van der Waals surface area contributed by atoms with E-state index in [-0.39, 0.29) is 6.04 Å². The second-order valence-corrected chi connectivity index (χ2v) is 4.71. The summed E-state index contributed by atoms with van der Waals surface area (Å²) in [6.07, 6.45) is 1.69. The van der Waals surface area contributed by atoms with Crippen LogP contribution in [-0.4, -0.2) is 27.2 Å². The summed E-state index contributed by atoms with van der Waals surface area (Å²) >= 11 is 0. The predicted molar refractivity (Wildman–Crippen MR) is 60.7 cm³/mol. The minimum Gasteiger partial charge on any atom is -0.384 e. The van der Waals surface area contributed by atoms with E-state index in [1.807, 2.05) is 19.1 Å². The van der Waals surface area contributed by atoms with Crippen LogP contribution in [-0.2, 0) is 10.8 Å². The quantitative estimate of drug-likeness (QED) is 0.778. The van der Waals surface area contributed by atoms with Crippen molar-refractivity contribution in [3.05, 3.63) is 18.2 Å². The summed E-state index contributed by atoms with van der Waals surface area (Å²) in [5.41, 5.74) is 5.52. The zero-order chi connectivity index (χ0) is 10.6. The van der Waals surface area contributed by atoms with Gasteiger partial charge in [-0.2, -0.15) is 0 Å². The summed E-state index contributed by atoms with van der Waals surface area (Å²) in [4.78, 5) is 4.09. The smallest absolute Gasteiger partial charge is 0.128 e.